The molecule has 0 atom stereocenters. The number of nitrogens with zero attached hydrogens (tertiary/aromatic N) is 3. The van der Waals surface area contributed by atoms with Gasteiger partial charge in [0.05, 0.1) is 5.52 Å². The fraction of sp³-hybridized carbons (Fsp3) is 0.267. The van der Waals surface area contributed by atoms with Gasteiger partial charge in [0.1, 0.15) is 16.3 Å². The largest absolute Gasteiger partial charge is 0.357 e. The average Bonchev–Trinajstić information content (AvgIpc) is 3.19. The van der Waals surface area contributed by atoms with E-state index in [0.717, 1.165) is 30.0 Å². The molecule has 0 amide bonds. The number of rotatable bonds is 2. The van der Waals surface area contributed by atoms with Crippen LogP contribution in [0, 0.1) is 0 Å². The molecule has 3 aromatic heterocycles. The summed E-state index contributed by atoms with van der Waals surface area (Å²) in [6.07, 6.45) is 4.20. The third-order valence-corrected chi connectivity index (χ3v) is 4.67. The third-order valence-electron chi connectivity index (χ3n) is 3.76. The lowest BCUT2D eigenvalue weighted by molar-refractivity contribution is 0.937. The van der Waals surface area contributed by atoms with Gasteiger partial charge in [-0.15, -0.1) is 11.3 Å². The summed E-state index contributed by atoms with van der Waals surface area (Å²) in [5.41, 5.74) is 1.57. The predicted octanol–water partition coefficient (Wildman–Crippen LogP) is 2.65. The second-order valence-corrected chi connectivity index (χ2v) is 6.06. The van der Waals surface area contributed by atoms with Crippen molar-refractivity contribution >= 4 is 27.4 Å². The van der Waals surface area contributed by atoms with Crippen LogP contribution in [0.2, 0.25) is 0 Å². The predicted molar refractivity (Wildman–Crippen MR) is 84.9 cm³/mol. The molecule has 0 aliphatic carbocycles. The number of nitrogens with one attached hydrogen (secondary N) is 1. The van der Waals surface area contributed by atoms with Crippen LogP contribution in [0.1, 0.15) is 12.8 Å². The molecule has 1 fully saturated rings. The quantitative estimate of drug-likeness (QED) is 0.790. The highest BCUT2D eigenvalue weighted by Gasteiger charge is 2.15. The van der Waals surface area contributed by atoms with E-state index in [1.54, 1.807) is 6.20 Å². The smallest absolute Gasteiger partial charge is 0.269 e. The summed E-state index contributed by atoms with van der Waals surface area (Å²) >= 11 is 1.41. The number of fused-ring (bicyclic) bond motifs is 1. The highest BCUT2D eigenvalue weighted by molar-refractivity contribution is 7.17. The zero-order valence-electron chi connectivity index (χ0n) is 11.4. The first kappa shape index (κ1) is 12.5. The number of anilines is 1. The van der Waals surface area contributed by atoms with Crippen molar-refractivity contribution in [3.63, 3.8) is 0 Å². The topological polar surface area (TPSA) is 61.9 Å². The van der Waals surface area contributed by atoms with Crippen molar-refractivity contribution < 1.29 is 0 Å². The van der Waals surface area contributed by atoms with Gasteiger partial charge in [0.25, 0.3) is 5.56 Å². The van der Waals surface area contributed by atoms with Gasteiger partial charge in [-0.1, -0.05) is 0 Å². The van der Waals surface area contributed by atoms with Gasteiger partial charge in [0.2, 0.25) is 0 Å². The van der Waals surface area contributed by atoms with Crippen LogP contribution in [0.3, 0.4) is 0 Å². The van der Waals surface area contributed by atoms with Gasteiger partial charge in [0, 0.05) is 24.8 Å². The number of aromatic amines is 1. The molecule has 0 aromatic carbocycles. The summed E-state index contributed by atoms with van der Waals surface area (Å²) in [5, 5.41) is 1.89. The van der Waals surface area contributed by atoms with E-state index < -0.39 is 0 Å². The summed E-state index contributed by atoms with van der Waals surface area (Å²) in [6.45, 7) is 2.09. The SMILES string of the molecule is O=c1[nH]c(-c2ccnc(N3CCCC3)c2)nc2ccsc12. The number of hydrogen-bond acceptors (Lipinski definition) is 5. The highest BCUT2D eigenvalue weighted by Crippen LogP contribution is 2.24. The summed E-state index contributed by atoms with van der Waals surface area (Å²) in [5.74, 6) is 1.56. The summed E-state index contributed by atoms with van der Waals surface area (Å²) in [6, 6.07) is 5.76. The Bertz CT molecular complexity index is 848. The van der Waals surface area contributed by atoms with Crippen LogP contribution < -0.4 is 10.5 Å². The van der Waals surface area contributed by atoms with Gasteiger partial charge in [-0.25, -0.2) is 9.97 Å². The Morgan fingerprint density at radius 2 is 2.10 bits per heavy atom. The first-order valence-corrected chi connectivity index (χ1v) is 7.88. The fourth-order valence-electron chi connectivity index (χ4n) is 2.69. The summed E-state index contributed by atoms with van der Waals surface area (Å²) < 4.78 is 0.674. The first-order chi connectivity index (χ1) is 10.3. The van der Waals surface area contributed by atoms with Gasteiger partial charge in [-0.05, 0) is 36.4 Å². The fourth-order valence-corrected chi connectivity index (χ4v) is 3.42. The van der Waals surface area contributed by atoms with E-state index in [1.165, 1.54) is 24.2 Å². The molecule has 0 spiro atoms. The lowest BCUT2D eigenvalue weighted by Gasteiger charge is -2.16. The lowest BCUT2D eigenvalue weighted by Crippen LogP contribution is -2.18. The van der Waals surface area contributed by atoms with Crippen molar-refractivity contribution in [2.24, 2.45) is 0 Å². The molecule has 4 heterocycles. The number of hydrogen-bond donors (Lipinski definition) is 1. The maximum absolute atomic E-state index is 12.1. The minimum Gasteiger partial charge on any atom is -0.357 e. The van der Waals surface area contributed by atoms with E-state index in [9.17, 15) is 4.79 Å². The van der Waals surface area contributed by atoms with Crippen molar-refractivity contribution in [3.05, 3.63) is 40.1 Å². The molecule has 1 saturated heterocycles. The van der Waals surface area contributed by atoms with Crippen molar-refractivity contribution in [3.8, 4) is 11.4 Å². The zero-order chi connectivity index (χ0) is 14.2. The van der Waals surface area contributed by atoms with Gasteiger partial charge < -0.3 is 9.88 Å². The van der Waals surface area contributed by atoms with Crippen LogP contribution in [0.15, 0.2) is 34.6 Å². The molecule has 0 saturated carbocycles. The van der Waals surface area contributed by atoms with Crippen LogP contribution in [0.25, 0.3) is 21.6 Å². The van der Waals surface area contributed by atoms with E-state index >= 15 is 0 Å². The molecule has 0 bridgehead atoms. The van der Waals surface area contributed by atoms with Crippen molar-refractivity contribution in [2.75, 3.05) is 18.0 Å². The Morgan fingerprint density at radius 3 is 2.95 bits per heavy atom. The molecule has 4 rings (SSSR count). The monoisotopic (exact) mass is 298 g/mol. The molecule has 1 aliphatic heterocycles. The number of thiophene rings is 1. The van der Waals surface area contributed by atoms with E-state index in [4.69, 9.17) is 0 Å². The zero-order valence-corrected chi connectivity index (χ0v) is 12.2. The van der Waals surface area contributed by atoms with Crippen molar-refractivity contribution in [2.45, 2.75) is 12.8 Å². The molecule has 1 N–H and O–H groups in total. The Balaban J connectivity index is 1.80. The van der Waals surface area contributed by atoms with Crippen LogP contribution >= 0.6 is 11.3 Å². The molecular weight excluding hydrogens is 284 g/mol. The Morgan fingerprint density at radius 1 is 1.24 bits per heavy atom. The number of pyridine rings is 1. The van der Waals surface area contributed by atoms with E-state index in [0.29, 0.717) is 10.5 Å². The van der Waals surface area contributed by atoms with Crippen LogP contribution in [0.4, 0.5) is 5.82 Å². The van der Waals surface area contributed by atoms with Gasteiger partial charge in [0.15, 0.2) is 0 Å². The van der Waals surface area contributed by atoms with Gasteiger partial charge in [-0.3, -0.25) is 4.79 Å². The Labute approximate surface area is 125 Å². The Hall–Kier alpha value is -2.21. The van der Waals surface area contributed by atoms with Crippen LogP contribution in [0.5, 0.6) is 0 Å². The molecule has 0 unspecified atom stereocenters. The molecule has 21 heavy (non-hydrogen) atoms. The van der Waals surface area contributed by atoms with Crippen LogP contribution in [-0.4, -0.2) is 28.0 Å². The standard InChI is InChI=1S/C15H14N4OS/c20-15-13-11(4-8-21-13)17-14(18-15)10-3-5-16-12(9-10)19-6-1-2-7-19/h3-5,8-9H,1-2,6-7H2,(H,17,18,20). The normalized spacial score (nSPS) is 15.0. The van der Waals surface area contributed by atoms with Crippen molar-refractivity contribution in [1.29, 1.82) is 0 Å². The number of H-pyrrole nitrogens is 1. The maximum atomic E-state index is 12.1. The molecular formula is C15H14N4OS. The first-order valence-electron chi connectivity index (χ1n) is 7.00. The Kier molecular flexibility index (Phi) is 2.96. The average molecular weight is 298 g/mol. The molecule has 5 nitrogen and oxygen atoms in total. The molecule has 106 valence electrons. The van der Waals surface area contributed by atoms with Crippen LogP contribution in [-0.2, 0) is 0 Å². The van der Waals surface area contributed by atoms with Gasteiger partial charge in [-0.2, -0.15) is 0 Å². The molecule has 0 radical (unpaired) electrons. The van der Waals surface area contributed by atoms with E-state index in [1.807, 2.05) is 23.6 Å². The minimum atomic E-state index is -0.0791. The van der Waals surface area contributed by atoms with Crippen molar-refractivity contribution in [1.82, 2.24) is 15.0 Å². The lowest BCUT2D eigenvalue weighted by atomic mass is 10.2. The van der Waals surface area contributed by atoms with E-state index in [-0.39, 0.29) is 5.56 Å². The second-order valence-electron chi connectivity index (χ2n) is 5.15. The molecule has 1 aliphatic rings. The summed E-state index contributed by atoms with van der Waals surface area (Å²) in [7, 11) is 0. The second kappa shape index (κ2) is 4.96. The van der Waals surface area contributed by atoms with Gasteiger partial charge >= 0.3 is 0 Å². The third kappa shape index (κ3) is 2.21. The maximum Gasteiger partial charge on any atom is 0.269 e. The summed E-state index contributed by atoms with van der Waals surface area (Å²) in [4.78, 5) is 26.2. The molecule has 6 heteroatoms. The highest BCUT2D eigenvalue weighted by atomic mass is 32.1. The number of aromatic nitrogens is 3. The van der Waals surface area contributed by atoms with E-state index in [2.05, 4.69) is 19.9 Å². The molecule has 3 aromatic rings. The minimum absolute atomic E-state index is 0.0791.